The summed E-state index contributed by atoms with van der Waals surface area (Å²) in [6, 6.07) is 25.8. The van der Waals surface area contributed by atoms with Crippen LogP contribution < -0.4 is 14.2 Å². The molecule has 0 bridgehead atoms. The molecule has 0 aliphatic rings. The Morgan fingerprint density at radius 1 is 0.714 bits per heavy atom. The molecule has 0 saturated carbocycles. The van der Waals surface area contributed by atoms with Crippen LogP contribution in [-0.4, -0.2) is 32.4 Å². The maximum Gasteiger partial charge on any atom is 0.337 e. The van der Waals surface area contributed by atoms with E-state index in [-0.39, 0.29) is 5.75 Å². The Kier molecular flexibility index (Phi) is 7.21. The van der Waals surface area contributed by atoms with Gasteiger partial charge in [-0.2, -0.15) is 0 Å². The lowest BCUT2D eigenvalue weighted by atomic mass is 9.97. The zero-order valence-electron chi connectivity index (χ0n) is 19.8. The van der Waals surface area contributed by atoms with E-state index in [1.165, 1.54) is 7.11 Å². The van der Waals surface area contributed by atoms with E-state index in [2.05, 4.69) is 0 Å². The molecule has 0 saturated heterocycles. The number of benzene rings is 4. The minimum absolute atomic E-state index is 0.0296. The lowest BCUT2D eigenvalue weighted by molar-refractivity contribution is 0.0600. The number of carbonyl (C=O) groups excluding carboxylic acids is 1. The fourth-order valence-electron chi connectivity index (χ4n) is 3.79. The summed E-state index contributed by atoms with van der Waals surface area (Å²) in [5.41, 5.74) is 4.63. The SMILES string of the molecule is COC(=O)c1ccc(-c2cc(OC)c(-c3ccc(OCc4ccccc4)c(O)c3)cc2OC)cc1. The van der Waals surface area contributed by atoms with Crippen molar-refractivity contribution in [2.24, 2.45) is 0 Å². The molecule has 4 aromatic carbocycles. The van der Waals surface area contributed by atoms with Crippen molar-refractivity contribution in [1.82, 2.24) is 0 Å². The Hall–Kier alpha value is -4.45. The molecule has 0 amide bonds. The molecule has 4 aromatic rings. The van der Waals surface area contributed by atoms with E-state index in [0.717, 1.165) is 27.8 Å². The highest BCUT2D eigenvalue weighted by atomic mass is 16.5. The van der Waals surface area contributed by atoms with Gasteiger partial charge in [-0.05, 0) is 53.1 Å². The third-order valence-electron chi connectivity index (χ3n) is 5.65. The molecular formula is C29H26O6. The van der Waals surface area contributed by atoms with Gasteiger partial charge in [0.05, 0.1) is 26.9 Å². The molecule has 6 nitrogen and oxygen atoms in total. The molecule has 1 N–H and O–H groups in total. The van der Waals surface area contributed by atoms with Gasteiger partial charge in [-0.25, -0.2) is 4.79 Å². The average molecular weight is 471 g/mol. The first-order chi connectivity index (χ1) is 17.0. The maximum atomic E-state index is 11.8. The predicted molar refractivity (Wildman–Crippen MR) is 134 cm³/mol. The molecule has 0 unspecified atom stereocenters. The van der Waals surface area contributed by atoms with E-state index < -0.39 is 5.97 Å². The number of aromatic hydroxyl groups is 1. The minimum atomic E-state index is -0.396. The van der Waals surface area contributed by atoms with Gasteiger partial charge in [-0.15, -0.1) is 0 Å². The number of hydrogen-bond donors (Lipinski definition) is 1. The van der Waals surface area contributed by atoms with Crippen molar-refractivity contribution in [2.45, 2.75) is 6.61 Å². The monoisotopic (exact) mass is 470 g/mol. The third kappa shape index (κ3) is 5.22. The summed E-state index contributed by atoms with van der Waals surface area (Å²) in [6.07, 6.45) is 0. The lowest BCUT2D eigenvalue weighted by Gasteiger charge is -2.16. The van der Waals surface area contributed by atoms with Crippen LogP contribution in [0.15, 0.2) is 84.9 Å². The molecule has 0 aliphatic carbocycles. The van der Waals surface area contributed by atoms with Crippen LogP contribution in [-0.2, 0) is 11.3 Å². The zero-order valence-corrected chi connectivity index (χ0v) is 19.8. The van der Waals surface area contributed by atoms with E-state index in [4.69, 9.17) is 18.9 Å². The van der Waals surface area contributed by atoms with E-state index in [9.17, 15) is 9.90 Å². The second-order valence-corrected chi connectivity index (χ2v) is 7.78. The molecule has 4 rings (SSSR count). The highest BCUT2D eigenvalue weighted by Gasteiger charge is 2.16. The number of phenolic OH excluding ortho intramolecular Hbond substituents is 1. The van der Waals surface area contributed by atoms with Crippen LogP contribution in [0, 0.1) is 0 Å². The van der Waals surface area contributed by atoms with Gasteiger partial charge in [0.2, 0.25) is 0 Å². The summed E-state index contributed by atoms with van der Waals surface area (Å²) in [7, 11) is 4.53. The molecule has 0 aliphatic heterocycles. The largest absolute Gasteiger partial charge is 0.504 e. The Labute approximate surface area is 204 Å². The summed E-state index contributed by atoms with van der Waals surface area (Å²) in [4.78, 5) is 11.8. The van der Waals surface area contributed by atoms with Crippen molar-refractivity contribution < 1.29 is 28.8 Å². The molecule has 35 heavy (non-hydrogen) atoms. The summed E-state index contributed by atoms with van der Waals surface area (Å²) in [6.45, 7) is 0.356. The van der Waals surface area contributed by atoms with Crippen molar-refractivity contribution in [2.75, 3.05) is 21.3 Å². The van der Waals surface area contributed by atoms with Crippen LogP contribution in [0.5, 0.6) is 23.0 Å². The van der Waals surface area contributed by atoms with Gasteiger partial charge in [0.15, 0.2) is 11.5 Å². The number of esters is 1. The number of methoxy groups -OCH3 is 3. The van der Waals surface area contributed by atoms with Crippen molar-refractivity contribution in [3.63, 3.8) is 0 Å². The number of ether oxygens (including phenoxy) is 4. The molecule has 178 valence electrons. The van der Waals surface area contributed by atoms with E-state index >= 15 is 0 Å². The van der Waals surface area contributed by atoms with Crippen LogP contribution in [0.2, 0.25) is 0 Å². The summed E-state index contributed by atoms with van der Waals surface area (Å²) in [5.74, 6) is 1.26. The smallest absolute Gasteiger partial charge is 0.337 e. The predicted octanol–water partition coefficient (Wildman–Crippen LogP) is 6.11. The maximum absolute atomic E-state index is 11.8. The second kappa shape index (κ2) is 10.7. The number of hydrogen-bond acceptors (Lipinski definition) is 6. The highest BCUT2D eigenvalue weighted by molar-refractivity contribution is 5.90. The third-order valence-corrected chi connectivity index (χ3v) is 5.65. The van der Waals surface area contributed by atoms with Crippen LogP contribution in [0.25, 0.3) is 22.3 Å². The van der Waals surface area contributed by atoms with Crippen LogP contribution in [0.4, 0.5) is 0 Å². The van der Waals surface area contributed by atoms with Crippen molar-refractivity contribution in [3.05, 3.63) is 96.1 Å². The fourth-order valence-corrected chi connectivity index (χ4v) is 3.79. The molecule has 0 heterocycles. The van der Waals surface area contributed by atoms with Gasteiger partial charge in [0.1, 0.15) is 18.1 Å². The van der Waals surface area contributed by atoms with Gasteiger partial charge in [0.25, 0.3) is 0 Å². The van der Waals surface area contributed by atoms with Crippen LogP contribution >= 0.6 is 0 Å². The molecular weight excluding hydrogens is 444 g/mol. The molecule has 0 aromatic heterocycles. The van der Waals surface area contributed by atoms with Gasteiger partial charge < -0.3 is 24.1 Å². The molecule has 0 radical (unpaired) electrons. The lowest BCUT2D eigenvalue weighted by Crippen LogP contribution is -2.00. The average Bonchev–Trinajstić information content (AvgIpc) is 2.91. The summed E-state index contributed by atoms with van der Waals surface area (Å²) >= 11 is 0. The standard InChI is InChI=1S/C29H26O6/c1-32-27-17-24(22-13-14-26(25(30)15-22)35-18-19-7-5-4-6-8-19)28(33-2)16-23(27)20-9-11-21(12-10-20)29(31)34-3/h4-17,30H,18H2,1-3H3. The van der Waals surface area contributed by atoms with Crippen molar-refractivity contribution in [1.29, 1.82) is 0 Å². The quantitative estimate of drug-likeness (QED) is 0.313. The number of rotatable bonds is 8. The summed E-state index contributed by atoms with van der Waals surface area (Å²) < 4.78 is 21.9. The molecule has 6 heteroatoms. The topological polar surface area (TPSA) is 74.2 Å². The highest BCUT2D eigenvalue weighted by Crippen LogP contribution is 2.42. The zero-order chi connectivity index (χ0) is 24.8. The first-order valence-corrected chi connectivity index (χ1v) is 11.0. The Balaban J connectivity index is 1.65. The number of carbonyl (C=O) groups is 1. The van der Waals surface area contributed by atoms with Gasteiger partial charge >= 0.3 is 5.97 Å². The Morgan fingerprint density at radius 2 is 1.31 bits per heavy atom. The van der Waals surface area contributed by atoms with Crippen molar-refractivity contribution in [3.8, 4) is 45.3 Å². The first-order valence-electron chi connectivity index (χ1n) is 11.0. The van der Waals surface area contributed by atoms with E-state index in [1.54, 1.807) is 38.5 Å². The van der Waals surface area contributed by atoms with Gasteiger partial charge in [-0.3, -0.25) is 0 Å². The van der Waals surface area contributed by atoms with Crippen LogP contribution in [0.1, 0.15) is 15.9 Å². The summed E-state index contributed by atoms with van der Waals surface area (Å²) in [5, 5.41) is 10.6. The fraction of sp³-hybridized carbons (Fsp3) is 0.138. The molecule has 0 fully saturated rings. The van der Waals surface area contributed by atoms with Gasteiger partial charge in [0, 0.05) is 11.1 Å². The van der Waals surface area contributed by atoms with Crippen LogP contribution in [0.3, 0.4) is 0 Å². The first kappa shape index (κ1) is 23.7. The second-order valence-electron chi connectivity index (χ2n) is 7.78. The minimum Gasteiger partial charge on any atom is -0.504 e. The van der Waals surface area contributed by atoms with E-state index in [1.807, 2.05) is 60.7 Å². The Morgan fingerprint density at radius 3 is 1.89 bits per heavy atom. The van der Waals surface area contributed by atoms with Gasteiger partial charge in [-0.1, -0.05) is 48.5 Å². The Bertz CT molecular complexity index is 1310. The number of phenols is 1. The molecule has 0 atom stereocenters. The normalized spacial score (nSPS) is 10.5. The van der Waals surface area contributed by atoms with Crippen molar-refractivity contribution >= 4 is 5.97 Å². The molecule has 0 spiro atoms. The van der Waals surface area contributed by atoms with E-state index in [0.29, 0.717) is 29.4 Å².